The summed E-state index contributed by atoms with van der Waals surface area (Å²) < 4.78 is 1.93. The molecule has 0 bridgehead atoms. The molecule has 134 valence electrons. The predicted octanol–water partition coefficient (Wildman–Crippen LogP) is 3.39. The van der Waals surface area contributed by atoms with Crippen LogP contribution in [0.5, 0.6) is 5.75 Å². The second-order valence-electron chi connectivity index (χ2n) is 6.71. The Morgan fingerprint density at radius 3 is 2.81 bits per heavy atom. The highest BCUT2D eigenvalue weighted by molar-refractivity contribution is 5.75. The monoisotopic (exact) mass is 358 g/mol. The third kappa shape index (κ3) is 2.64. The Morgan fingerprint density at radius 1 is 1.11 bits per heavy atom. The Kier molecular flexibility index (Phi) is 3.46. The highest BCUT2D eigenvalue weighted by Crippen LogP contribution is 2.39. The van der Waals surface area contributed by atoms with E-state index in [0.717, 1.165) is 40.7 Å². The second-order valence-corrected chi connectivity index (χ2v) is 6.71. The summed E-state index contributed by atoms with van der Waals surface area (Å²) in [7, 11) is 0. The molecule has 0 saturated heterocycles. The summed E-state index contributed by atoms with van der Waals surface area (Å²) in [5.41, 5.74) is 10.2. The largest absolute Gasteiger partial charge is 0.508 e. The van der Waals surface area contributed by atoms with E-state index in [1.807, 2.05) is 35.0 Å². The minimum atomic E-state index is 0.0591. The first-order valence-corrected chi connectivity index (χ1v) is 8.82. The van der Waals surface area contributed by atoms with Crippen molar-refractivity contribution >= 4 is 28.4 Å². The van der Waals surface area contributed by atoms with Crippen molar-refractivity contribution < 1.29 is 5.11 Å². The van der Waals surface area contributed by atoms with E-state index >= 15 is 0 Å². The Balaban J connectivity index is 1.53. The summed E-state index contributed by atoms with van der Waals surface area (Å²) >= 11 is 0. The number of nitrogen functional groups attached to an aromatic ring is 1. The Labute approximate surface area is 155 Å². The van der Waals surface area contributed by atoms with Crippen LogP contribution in [0.1, 0.15) is 23.6 Å². The lowest BCUT2D eigenvalue weighted by Crippen LogP contribution is -2.10. The number of nitrogens with one attached hydrogen (secondary N) is 1. The maximum Gasteiger partial charge on any atom is 0.229 e. The van der Waals surface area contributed by atoms with Crippen molar-refractivity contribution in [2.24, 2.45) is 0 Å². The van der Waals surface area contributed by atoms with Crippen molar-refractivity contribution in [3.63, 3.8) is 0 Å². The molecule has 0 saturated carbocycles. The minimum absolute atomic E-state index is 0.0591. The van der Waals surface area contributed by atoms with Crippen LogP contribution in [-0.4, -0.2) is 24.9 Å². The van der Waals surface area contributed by atoms with Gasteiger partial charge in [-0.3, -0.25) is 0 Å². The topological polar surface area (TPSA) is 102 Å². The first kappa shape index (κ1) is 15.6. The number of hydrogen-bond acceptors (Lipinski definition) is 6. The van der Waals surface area contributed by atoms with E-state index in [-0.39, 0.29) is 6.04 Å². The third-order valence-electron chi connectivity index (χ3n) is 5.01. The molecule has 0 radical (unpaired) electrons. The van der Waals surface area contributed by atoms with Crippen LogP contribution >= 0.6 is 0 Å². The molecule has 0 amide bonds. The lowest BCUT2D eigenvalue weighted by molar-refractivity contribution is 0.469. The van der Waals surface area contributed by atoms with Crippen LogP contribution in [-0.2, 0) is 6.42 Å². The highest BCUT2D eigenvalue weighted by Gasteiger charge is 2.28. The molecule has 7 heteroatoms. The first-order chi connectivity index (χ1) is 13.2. The molecule has 2 aromatic carbocycles. The number of aromatic nitrogens is 4. The van der Waals surface area contributed by atoms with Gasteiger partial charge in [0.15, 0.2) is 5.65 Å². The van der Waals surface area contributed by atoms with Crippen molar-refractivity contribution in [1.82, 2.24) is 19.7 Å². The molecule has 4 N–H and O–H groups in total. The smallest absolute Gasteiger partial charge is 0.229 e. The summed E-state index contributed by atoms with van der Waals surface area (Å²) in [6, 6.07) is 13.1. The maximum absolute atomic E-state index is 10.1. The van der Waals surface area contributed by atoms with Gasteiger partial charge in [0.1, 0.15) is 5.75 Å². The number of phenolic OH excluding ortho intramolecular Hbond substituents is 1. The number of hydrogen-bond donors (Lipinski definition) is 3. The standard InChI is InChI=1S/C20H18N6O/c21-13-4-6-14(7-5-13)24-20-22-10-12-11-23-26(19(12)25-20)17-9-8-16-15(17)2-1-3-18(16)27/h1-7,10-11,17,27H,8-9,21H2,(H,22,24,25). The summed E-state index contributed by atoms with van der Waals surface area (Å²) in [5.74, 6) is 0.856. The van der Waals surface area contributed by atoms with Gasteiger partial charge in [0, 0.05) is 17.6 Å². The number of nitrogens with zero attached hydrogens (tertiary/aromatic N) is 4. The van der Waals surface area contributed by atoms with Crippen molar-refractivity contribution in [2.75, 3.05) is 11.1 Å². The maximum atomic E-state index is 10.1. The van der Waals surface area contributed by atoms with Gasteiger partial charge in [0.2, 0.25) is 5.95 Å². The summed E-state index contributed by atoms with van der Waals surface area (Å²) in [6.45, 7) is 0. The molecule has 2 aromatic heterocycles. The van der Waals surface area contributed by atoms with Crippen LogP contribution in [0.15, 0.2) is 54.9 Å². The predicted molar refractivity (Wildman–Crippen MR) is 104 cm³/mol. The van der Waals surface area contributed by atoms with Crippen LogP contribution in [0, 0.1) is 0 Å². The molecule has 0 aliphatic heterocycles. The average Bonchev–Trinajstić information content (AvgIpc) is 3.28. The molecule has 4 aromatic rings. The SMILES string of the molecule is Nc1ccc(Nc2ncc3cnn(C4CCc5c(O)cccc54)c3n2)cc1. The number of anilines is 3. The van der Waals surface area contributed by atoms with Gasteiger partial charge in [-0.1, -0.05) is 12.1 Å². The van der Waals surface area contributed by atoms with Crippen molar-refractivity contribution in [1.29, 1.82) is 0 Å². The summed E-state index contributed by atoms with van der Waals surface area (Å²) in [5, 5.41) is 18.7. The molecule has 2 heterocycles. The number of benzene rings is 2. The molecule has 1 unspecified atom stereocenters. The molecule has 1 aliphatic carbocycles. The average molecular weight is 358 g/mol. The number of aromatic hydroxyl groups is 1. The van der Waals surface area contributed by atoms with Crippen LogP contribution in [0.25, 0.3) is 11.0 Å². The van der Waals surface area contributed by atoms with Gasteiger partial charge in [-0.15, -0.1) is 0 Å². The zero-order chi connectivity index (χ0) is 18.4. The van der Waals surface area contributed by atoms with Gasteiger partial charge in [0.05, 0.1) is 17.6 Å². The lowest BCUT2D eigenvalue weighted by Gasteiger charge is -2.14. The van der Waals surface area contributed by atoms with Gasteiger partial charge in [-0.25, -0.2) is 9.67 Å². The van der Waals surface area contributed by atoms with Crippen LogP contribution < -0.4 is 11.1 Å². The fourth-order valence-corrected chi connectivity index (χ4v) is 3.69. The number of rotatable bonds is 3. The zero-order valence-corrected chi connectivity index (χ0v) is 14.5. The Hall–Kier alpha value is -3.61. The molecule has 1 aliphatic rings. The number of fused-ring (bicyclic) bond motifs is 2. The summed E-state index contributed by atoms with van der Waals surface area (Å²) in [6.07, 6.45) is 5.26. The van der Waals surface area contributed by atoms with E-state index in [9.17, 15) is 5.11 Å². The van der Waals surface area contributed by atoms with Crippen molar-refractivity contribution in [3.05, 3.63) is 66.0 Å². The summed E-state index contributed by atoms with van der Waals surface area (Å²) in [4.78, 5) is 9.05. The molecule has 0 fully saturated rings. The second kappa shape index (κ2) is 5.98. The third-order valence-corrected chi connectivity index (χ3v) is 5.01. The van der Waals surface area contributed by atoms with Crippen molar-refractivity contribution in [3.8, 4) is 5.75 Å². The van der Waals surface area contributed by atoms with Crippen LogP contribution in [0.3, 0.4) is 0 Å². The fourth-order valence-electron chi connectivity index (χ4n) is 3.69. The van der Waals surface area contributed by atoms with Gasteiger partial charge < -0.3 is 16.2 Å². The normalized spacial score (nSPS) is 15.8. The van der Waals surface area contributed by atoms with Crippen LogP contribution in [0.2, 0.25) is 0 Å². The zero-order valence-electron chi connectivity index (χ0n) is 14.5. The Morgan fingerprint density at radius 2 is 1.96 bits per heavy atom. The molecular weight excluding hydrogens is 340 g/mol. The van der Waals surface area contributed by atoms with Gasteiger partial charge >= 0.3 is 0 Å². The minimum Gasteiger partial charge on any atom is -0.508 e. The van der Waals surface area contributed by atoms with E-state index in [1.54, 1.807) is 18.5 Å². The highest BCUT2D eigenvalue weighted by atomic mass is 16.3. The van der Waals surface area contributed by atoms with Gasteiger partial charge in [-0.05, 0) is 54.3 Å². The van der Waals surface area contributed by atoms with E-state index in [4.69, 9.17) is 5.73 Å². The molecule has 27 heavy (non-hydrogen) atoms. The molecule has 5 rings (SSSR count). The molecular formula is C20H18N6O. The Bertz CT molecular complexity index is 1140. The first-order valence-electron chi connectivity index (χ1n) is 8.82. The van der Waals surface area contributed by atoms with E-state index in [2.05, 4.69) is 26.4 Å². The van der Waals surface area contributed by atoms with Crippen molar-refractivity contribution in [2.45, 2.75) is 18.9 Å². The van der Waals surface area contributed by atoms with E-state index in [0.29, 0.717) is 17.4 Å². The van der Waals surface area contributed by atoms with Gasteiger partial charge in [0.25, 0.3) is 0 Å². The number of nitrogens with two attached hydrogens (primary N) is 1. The van der Waals surface area contributed by atoms with E-state index < -0.39 is 0 Å². The van der Waals surface area contributed by atoms with Crippen LogP contribution in [0.4, 0.5) is 17.3 Å². The fraction of sp³-hybridized carbons (Fsp3) is 0.150. The van der Waals surface area contributed by atoms with E-state index in [1.165, 1.54) is 0 Å². The quantitative estimate of drug-likeness (QED) is 0.485. The number of phenols is 1. The molecule has 1 atom stereocenters. The van der Waals surface area contributed by atoms with Gasteiger partial charge in [-0.2, -0.15) is 10.1 Å². The molecule has 0 spiro atoms. The molecule has 7 nitrogen and oxygen atoms in total. The lowest BCUT2D eigenvalue weighted by atomic mass is 10.1.